The van der Waals surface area contributed by atoms with Gasteiger partial charge in [-0.15, -0.1) is 0 Å². The Hall–Kier alpha value is -0.715. The number of hydrogen-bond acceptors (Lipinski definition) is 4. The zero-order valence-corrected chi connectivity index (χ0v) is 13.8. The van der Waals surface area contributed by atoms with Crippen LogP contribution in [0.1, 0.15) is 38.8 Å². The van der Waals surface area contributed by atoms with Crippen molar-refractivity contribution in [1.29, 1.82) is 0 Å². The van der Waals surface area contributed by atoms with E-state index < -0.39 is 17.9 Å². The normalized spacial score (nSPS) is 22.0. The molecule has 1 aliphatic rings. The highest BCUT2D eigenvalue weighted by molar-refractivity contribution is 7.83. The summed E-state index contributed by atoms with van der Waals surface area (Å²) in [6.07, 6.45) is 3.47. The molecule has 1 aliphatic heterocycles. The molecule has 0 spiro atoms. The van der Waals surface area contributed by atoms with E-state index >= 15 is 0 Å². The molecule has 0 aliphatic carbocycles. The lowest BCUT2D eigenvalue weighted by Gasteiger charge is -2.32. The summed E-state index contributed by atoms with van der Waals surface area (Å²) in [6.45, 7) is 10.1. The molecule has 1 fully saturated rings. The van der Waals surface area contributed by atoms with E-state index in [1.165, 1.54) is 0 Å². The summed E-state index contributed by atoms with van der Waals surface area (Å²) in [4.78, 5) is 4.42. The molecule has 20 heavy (non-hydrogen) atoms. The molecule has 2 heterocycles. The van der Waals surface area contributed by atoms with Crippen LogP contribution in [-0.2, 0) is 25.9 Å². The van der Waals surface area contributed by atoms with Crippen LogP contribution in [0, 0.1) is 6.92 Å². The van der Waals surface area contributed by atoms with E-state index in [1.54, 1.807) is 12.5 Å². The molecular formula is C14H22BNO3S. The van der Waals surface area contributed by atoms with Gasteiger partial charge in [0, 0.05) is 23.3 Å². The second-order valence-electron chi connectivity index (χ2n) is 6.34. The van der Waals surface area contributed by atoms with E-state index in [2.05, 4.69) is 4.98 Å². The summed E-state index contributed by atoms with van der Waals surface area (Å²) in [6, 6.07) is 1.96. The molecule has 110 valence electrons. The van der Waals surface area contributed by atoms with Crippen molar-refractivity contribution in [2.45, 2.75) is 51.6 Å². The van der Waals surface area contributed by atoms with Gasteiger partial charge in [0.25, 0.3) is 0 Å². The third-order valence-electron chi connectivity index (χ3n) is 4.09. The molecule has 1 saturated heterocycles. The maximum absolute atomic E-state index is 11.3. The summed E-state index contributed by atoms with van der Waals surface area (Å²) in [5.41, 5.74) is 2.12. The van der Waals surface area contributed by atoms with Crippen LogP contribution in [0.15, 0.2) is 12.3 Å². The molecule has 1 aromatic rings. The summed E-state index contributed by atoms with van der Waals surface area (Å²) in [5, 5.41) is 0. The Morgan fingerprint density at radius 3 is 2.25 bits per heavy atom. The third-order valence-corrected chi connectivity index (χ3v) is 4.81. The first kappa shape index (κ1) is 15.7. The van der Waals surface area contributed by atoms with Gasteiger partial charge >= 0.3 is 7.12 Å². The van der Waals surface area contributed by atoms with Crippen LogP contribution in [0.25, 0.3) is 0 Å². The number of hydrogen-bond donors (Lipinski definition) is 0. The van der Waals surface area contributed by atoms with Gasteiger partial charge in [-0.2, -0.15) is 0 Å². The lowest BCUT2D eigenvalue weighted by Crippen LogP contribution is -2.41. The minimum absolute atomic E-state index is 0.364. The predicted molar refractivity (Wildman–Crippen MR) is 82.5 cm³/mol. The molecule has 0 radical (unpaired) electrons. The Morgan fingerprint density at radius 2 is 1.80 bits per heavy atom. The van der Waals surface area contributed by atoms with Crippen LogP contribution in [-0.4, -0.2) is 33.8 Å². The monoisotopic (exact) mass is 295 g/mol. The van der Waals surface area contributed by atoms with Gasteiger partial charge < -0.3 is 9.31 Å². The molecule has 2 rings (SSSR count). The van der Waals surface area contributed by atoms with Crippen molar-refractivity contribution >= 4 is 23.5 Å². The highest BCUT2D eigenvalue weighted by Crippen LogP contribution is 2.36. The Labute approximate surface area is 123 Å². The van der Waals surface area contributed by atoms with Crippen molar-refractivity contribution in [3.05, 3.63) is 23.4 Å². The van der Waals surface area contributed by atoms with Gasteiger partial charge in [0.2, 0.25) is 0 Å². The van der Waals surface area contributed by atoms with Gasteiger partial charge in [-0.25, -0.2) is 0 Å². The van der Waals surface area contributed by atoms with Crippen LogP contribution in [0.3, 0.4) is 0 Å². The fourth-order valence-electron chi connectivity index (χ4n) is 2.07. The van der Waals surface area contributed by atoms with Crippen LogP contribution in [0.4, 0.5) is 0 Å². The van der Waals surface area contributed by atoms with Crippen molar-refractivity contribution in [1.82, 2.24) is 4.98 Å². The summed E-state index contributed by atoms with van der Waals surface area (Å²) in [7, 11) is -1.31. The molecule has 0 aromatic carbocycles. The molecule has 0 bridgehead atoms. The highest BCUT2D eigenvalue weighted by Gasteiger charge is 2.52. The Balaban J connectivity index is 2.24. The summed E-state index contributed by atoms with van der Waals surface area (Å²) < 4.78 is 23.3. The second-order valence-corrected chi connectivity index (χ2v) is 7.78. The van der Waals surface area contributed by atoms with Crippen LogP contribution in [0.5, 0.6) is 0 Å². The average molecular weight is 295 g/mol. The lowest BCUT2D eigenvalue weighted by atomic mass is 9.83. The molecular weight excluding hydrogens is 273 g/mol. The SMILES string of the molecule is Cc1cc(B2OC(C)(C)C(C)(C)O2)ncc1CS(C)=O. The van der Waals surface area contributed by atoms with Gasteiger partial charge in [0.05, 0.1) is 22.5 Å². The molecule has 4 nitrogen and oxygen atoms in total. The first-order valence-electron chi connectivity index (χ1n) is 6.73. The van der Waals surface area contributed by atoms with E-state index in [-0.39, 0.29) is 11.2 Å². The molecule has 6 heteroatoms. The Kier molecular flexibility index (Phi) is 4.11. The standard InChI is InChI=1S/C14H22BNO3S/c1-10-7-12(16-8-11(10)9-20(6)17)15-18-13(2,3)14(4,5)19-15/h7-8H,9H2,1-6H3. The van der Waals surface area contributed by atoms with Crippen molar-refractivity contribution < 1.29 is 13.5 Å². The smallest absolute Gasteiger partial charge is 0.398 e. The maximum Gasteiger partial charge on any atom is 0.514 e. The highest BCUT2D eigenvalue weighted by atomic mass is 32.2. The summed E-state index contributed by atoms with van der Waals surface area (Å²) >= 11 is 0. The second kappa shape index (κ2) is 5.24. The number of rotatable bonds is 3. The zero-order chi connectivity index (χ0) is 15.1. The molecule has 1 atom stereocenters. The van der Waals surface area contributed by atoms with E-state index in [0.717, 1.165) is 16.7 Å². The van der Waals surface area contributed by atoms with Crippen LogP contribution >= 0.6 is 0 Å². The number of aromatic nitrogens is 1. The van der Waals surface area contributed by atoms with Gasteiger partial charge in [-0.3, -0.25) is 9.19 Å². The largest absolute Gasteiger partial charge is 0.514 e. The van der Waals surface area contributed by atoms with Crippen molar-refractivity contribution in [3.63, 3.8) is 0 Å². The first-order chi connectivity index (χ1) is 9.12. The van der Waals surface area contributed by atoms with Crippen molar-refractivity contribution in [2.75, 3.05) is 6.26 Å². The number of nitrogens with zero attached hydrogens (tertiary/aromatic N) is 1. The number of aryl methyl sites for hydroxylation is 1. The van der Waals surface area contributed by atoms with E-state index in [9.17, 15) is 4.21 Å². The van der Waals surface area contributed by atoms with E-state index in [1.807, 2.05) is 40.7 Å². The fraction of sp³-hybridized carbons (Fsp3) is 0.643. The van der Waals surface area contributed by atoms with Gasteiger partial charge in [0.15, 0.2) is 0 Å². The lowest BCUT2D eigenvalue weighted by molar-refractivity contribution is 0.00578. The van der Waals surface area contributed by atoms with Crippen LogP contribution < -0.4 is 5.59 Å². The molecule has 1 aromatic heterocycles. The Bertz CT molecular complexity index is 529. The van der Waals surface area contributed by atoms with Gasteiger partial charge in [-0.1, -0.05) is 0 Å². The van der Waals surface area contributed by atoms with E-state index in [0.29, 0.717) is 5.75 Å². The quantitative estimate of drug-likeness (QED) is 0.794. The molecule has 0 saturated carbocycles. The third kappa shape index (κ3) is 2.97. The van der Waals surface area contributed by atoms with Gasteiger partial charge in [0.1, 0.15) is 0 Å². The maximum atomic E-state index is 11.3. The first-order valence-corrected chi connectivity index (χ1v) is 8.46. The molecule has 1 unspecified atom stereocenters. The predicted octanol–water partition coefficient (Wildman–Crippen LogP) is 1.57. The van der Waals surface area contributed by atoms with Gasteiger partial charge in [-0.05, 0) is 51.8 Å². The number of pyridine rings is 1. The van der Waals surface area contributed by atoms with Crippen molar-refractivity contribution in [3.8, 4) is 0 Å². The van der Waals surface area contributed by atoms with Crippen LogP contribution in [0.2, 0.25) is 0 Å². The van der Waals surface area contributed by atoms with E-state index in [4.69, 9.17) is 9.31 Å². The minimum atomic E-state index is -0.863. The molecule has 0 N–H and O–H groups in total. The topological polar surface area (TPSA) is 48.4 Å². The average Bonchev–Trinajstić information content (AvgIpc) is 2.50. The Morgan fingerprint density at radius 1 is 1.25 bits per heavy atom. The zero-order valence-electron chi connectivity index (χ0n) is 13.0. The van der Waals surface area contributed by atoms with Crippen molar-refractivity contribution in [2.24, 2.45) is 0 Å². The summed E-state index contributed by atoms with van der Waals surface area (Å²) in [5.74, 6) is 0.530. The fourth-order valence-corrected chi connectivity index (χ4v) is 2.81. The minimum Gasteiger partial charge on any atom is -0.398 e. The molecule has 0 amide bonds.